The molecule has 27 heavy (non-hydrogen) atoms. The van der Waals surface area contributed by atoms with Gasteiger partial charge in [-0.25, -0.2) is 4.79 Å². The van der Waals surface area contributed by atoms with Gasteiger partial charge in [-0.2, -0.15) is 0 Å². The summed E-state index contributed by atoms with van der Waals surface area (Å²) < 4.78 is 18.1. The number of benzene rings is 1. The molecule has 0 unspecified atom stereocenters. The second kappa shape index (κ2) is 9.75. The van der Waals surface area contributed by atoms with Gasteiger partial charge in [0.05, 0.1) is 36.4 Å². The minimum absolute atomic E-state index is 0.428. The third kappa shape index (κ3) is 4.75. The maximum atomic E-state index is 12.4. The first-order valence-corrected chi connectivity index (χ1v) is 10.5. The van der Waals surface area contributed by atoms with E-state index in [-0.39, 0.29) is 0 Å². The molecule has 148 valence electrons. The van der Waals surface area contributed by atoms with Gasteiger partial charge in [-0.15, -0.1) is 0 Å². The van der Waals surface area contributed by atoms with Gasteiger partial charge in [0.1, 0.15) is 0 Å². The Morgan fingerprint density at radius 1 is 1.26 bits per heavy atom. The zero-order valence-corrected chi connectivity index (χ0v) is 19.6. The van der Waals surface area contributed by atoms with Gasteiger partial charge in [0.15, 0.2) is 16.6 Å². The molecule has 0 saturated heterocycles. The summed E-state index contributed by atoms with van der Waals surface area (Å²) in [6.07, 6.45) is 0.871. The van der Waals surface area contributed by atoms with Crippen molar-refractivity contribution in [3.63, 3.8) is 0 Å². The summed E-state index contributed by atoms with van der Waals surface area (Å²) in [5.74, 6) is 0.766. The number of ether oxygens (including phenoxy) is 3. The first-order chi connectivity index (χ1) is 12.8. The van der Waals surface area contributed by atoms with Gasteiger partial charge in [-0.05, 0) is 76.0 Å². The van der Waals surface area contributed by atoms with Crippen LogP contribution >= 0.6 is 44.1 Å². The van der Waals surface area contributed by atoms with Gasteiger partial charge in [0.2, 0.25) is 0 Å². The molecule has 1 heterocycles. The molecule has 0 aromatic heterocycles. The van der Waals surface area contributed by atoms with E-state index in [4.69, 9.17) is 26.4 Å². The Bertz CT molecular complexity index is 783. The molecule has 0 amide bonds. The van der Waals surface area contributed by atoms with E-state index in [2.05, 4.69) is 42.5 Å². The highest BCUT2D eigenvalue weighted by molar-refractivity contribution is 9.13. The topological polar surface area (TPSA) is 68.8 Å². The van der Waals surface area contributed by atoms with Gasteiger partial charge in [0.25, 0.3) is 0 Å². The number of nitrogens with one attached hydrogen (secondary N) is 2. The fraction of sp³-hybridized carbons (Fsp3) is 0.444. The smallest absolute Gasteiger partial charge is 0.337 e. The average Bonchev–Trinajstić information content (AvgIpc) is 2.63. The Balaban J connectivity index is 2.63. The second-order valence-electron chi connectivity index (χ2n) is 5.76. The summed E-state index contributed by atoms with van der Waals surface area (Å²) in [5.41, 5.74) is 1.86. The fourth-order valence-electron chi connectivity index (χ4n) is 2.72. The van der Waals surface area contributed by atoms with Crippen LogP contribution in [0.1, 0.15) is 38.8 Å². The van der Waals surface area contributed by atoms with E-state index in [0.29, 0.717) is 45.6 Å². The molecular formula is C18H22Br2N2O4S. The molecule has 0 bridgehead atoms. The second-order valence-corrected chi connectivity index (χ2v) is 7.76. The Morgan fingerprint density at radius 2 is 1.96 bits per heavy atom. The molecule has 1 aromatic rings. The first-order valence-electron chi connectivity index (χ1n) is 8.49. The molecule has 0 saturated carbocycles. The number of halogens is 2. The van der Waals surface area contributed by atoms with Crippen molar-refractivity contribution >= 4 is 55.2 Å². The Labute approximate surface area is 181 Å². The van der Waals surface area contributed by atoms with E-state index in [1.807, 2.05) is 19.9 Å². The van der Waals surface area contributed by atoms with Crippen LogP contribution in [0, 0.1) is 0 Å². The minimum Gasteiger partial charge on any atom is -0.490 e. The Morgan fingerprint density at radius 3 is 2.56 bits per heavy atom. The van der Waals surface area contributed by atoms with E-state index >= 15 is 0 Å². The van der Waals surface area contributed by atoms with Gasteiger partial charge in [0, 0.05) is 10.2 Å². The van der Waals surface area contributed by atoms with Gasteiger partial charge in [-0.3, -0.25) is 0 Å². The van der Waals surface area contributed by atoms with Crippen LogP contribution in [0.4, 0.5) is 0 Å². The SMILES string of the molecule is CCCOc1c(OCC)cc([C@H]2NC(=S)NC(C)=C2C(=O)OC)c(Br)c1Br. The lowest BCUT2D eigenvalue weighted by Crippen LogP contribution is -2.45. The van der Waals surface area contributed by atoms with Gasteiger partial charge in [-0.1, -0.05) is 6.92 Å². The van der Waals surface area contributed by atoms with Crippen LogP contribution in [0.15, 0.2) is 26.3 Å². The van der Waals surface area contributed by atoms with Gasteiger partial charge < -0.3 is 24.8 Å². The molecule has 1 aromatic carbocycles. The summed E-state index contributed by atoms with van der Waals surface area (Å²) in [4.78, 5) is 12.4. The van der Waals surface area contributed by atoms with E-state index in [1.165, 1.54) is 7.11 Å². The van der Waals surface area contributed by atoms with E-state index in [9.17, 15) is 4.79 Å². The summed E-state index contributed by atoms with van der Waals surface area (Å²) in [6.45, 7) is 6.77. The summed E-state index contributed by atoms with van der Waals surface area (Å²) in [7, 11) is 1.35. The number of hydrogen-bond acceptors (Lipinski definition) is 5. The van der Waals surface area contributed by atoms with Crippen LogP contribution in [-0.2, 0) is 9.53 Å². The molecular weight excluding hydrogens is 500 g/mol. The van der Waals surface area contributed by atoms with Crippen molar-refractivity contribution in [2.75, 3.05) is 20.3 Å². The molecule has 1 aliphatic rings. The highest BCUT2D eigenvalue weighted by Crippen LogP contribution is 2.46. The molecule has 0 aliphatic carbocycles. The fourth-order valence-corrected chi connectivity index (χ4v) is 4.06. The van der Waals surface area contributed by atoms with Crippen molar-refractivity contribution in [3.8, 4) is 11.5 Å². The van der Waals surface area contributed by atoms with Crippen LogP contribution < -0.4 is 20.1 Å². The number of thiocarbonyl (C=S) groups is 1. The molecule has 0 spiro atoms. The lowest BCUT2D eigenvalue weighted by atomic mass is 9.95. The number of allylic oxidation sites excluding steroid dienone is 1. The maximum absolute atomic E-state index is 12.4. The lowest BCUT2D eigenvalue weighted by molar-refractivity contribution is -0.136. The lowest BCUT2D eigenvalue weighted by Gasteiger charge is -2.31. The highest BCUT2D eigenvalue weighted by atomic mass is 79.9. The van der Waals surface area contributed by atoms with Crippen LogP contribution in [-0.4, -0.2) is 31.4 Å². The molecule has 9 heteroatoms. The summed E-state index contributed by atoms with van der Waals surface area (Å²) in [6, 6.07) is 1.35. The quantitative estimate of drug-likeness (QED) is 0.408. The van der Waals surface area contributed by atoms with E-state index in [0.717, 1.165) is 16.5 Å². The monoisotopic (exact) mass is 520 g/mol. The zero-order chi connectivity index (χ0) is 20.1. The Hall–Kier alpha value is -1.32. The number of carbonyl (C=O) groups excluding carboxylic acids is 1. The molecule has 2 rings (SSSR count). The predicted molar refractivity (Wildman–Crippen MR) is 115 cm³/mol. The molecule has 6 nitrogen and oxygen atoms in total. The number of rotatable bonds is 7. The van der Waals surface area contributed by atoms with Gasteiger partial charge >= 0.3 is 5.97 Å². The summed E-state index contributed by atoms with van der Waals surface area (Å²) in [5, 5.41) is 6.54. The van der Waals surface area contributed by atoms with Crippen molar-refractivity contribution in [1.29, 1.82) is 0 Å². The highest BCUT2D eigenvalue weighted by Gasteiger charge is 2.33. The normalized spacial score (nSPS) is 16.5. The third-order valence-corrected chi connectivity index (χ3v) is 6.25. The largest absolute Gasteiger partial charge is 0.490 e. The van der Waals surface area contributed by atoms with Crippen molar-refractivity contribution < 1.29 is 19.0 Å². The molecule has 1 aliphatic heterocycles. The standard InChI is InChI=1S/C18H22Br2N2O4S/c1-5-7-26-16-11(25-6-2)8-10(13(19)14(16)20)15-12(17(23)24-4)9(3)21-18(27)22-15/h8,15H,5-7H2,1-4H3,(H2,21,22,27)/t15-/m1/s1. The number of hydrogen-bond donors (Lipinski definition) is 2. The third-order valence-electron chi connectivity index (χ3n) is 3.89. The van der Waals surface area contributed by atoms with Crippen LogP contribution in [0.25, 0.3) is 0 Å². The first kappa shape index (κ1) is 22.0. The van der Waals surface area contributed by atoms with E-state index < -0.39 is 12.0 Å². The number of methoxy groups -OCH3 is 1. The van der Waals surface area contributed by atoms with Crippen molar-refractivity contribution in [1.82, 2.24) is 10.6 Å². The van der Waals surface area contributed by atoms with Crippen LogP contribution in [0.5, 0.6) is 11.5 Å². The van der Waals surface area contributed by atoms with Crippen molar-refractivity contribution in [3.05, 3.63) is 31.8 Å². The zero-order valence-electron chi connectivity index (χ0n) is 15.6. The molecule has 1 atom stereocenters. The maximum Gasteiger partial charge on any atom is 0.337 e. The molecule has 0 radical (unpaired) electrons. The van der Waals surface area contributed by atoms with Crippen molar-refractivity contribution in [2.24, 2.45) is 0 Å². The Kier molecular flexibility index (Phi) is 7.93. The van der Waals surface area contributed by atoms with Crippen molar-refractivity contribution in [2.45, 2.75) is 33.2 Å². The summed E-state index contributed by atoms with van der Waals surface area (Å²) >= 11 is 12.5. The molecule has 2 N–H and O–H groups in total. The average molecular weight is 522 g/mol. The van der Waals surface area contributed by atoms with E-state index in [1.54, 1.807) is 6.92 Å². The van der Waals surface area contributed by atoms with Crippen LogP contribution in [0.2, 0.25) is 0 Å². The number of esters is 1. The molecule has 0 fully saturated rings. The predicted octanol–water partition coefficient (Wildman–Crippen LogP) is 4.36. The minimum atomic E-state index is -0.503. The number of carbonyl (C=O) groups is 1. The van der Waals surface area contributed by atoms with Crippen LogP contribution in [0.3, 0.4) is 0 Å².